The standard InChI is InChI=1S/C8H6N6O2S/c1-5-3-13-7(10-5)17-8(11-13)12-4-6(2-9-12)14(15)16/h2-4H,1H3. The van der Waals surface area contributed by atoms with Crippen molar-refractivity contribution < 1.29 is 4.92 Å². The van der Waals surface area contributed by atoms with Gasteiger partial charge in [0.2, 0.25) is 10.1 Å². The van der Waals surface area contributed by atoms with Gasteiger partial charge in [-0.05, 0) is 6.92 Å². The van der Waals surface area contributed by atoms with E-state index in [-0.39, 0.29) is 5.69 Å². The van der Waals surface area contributed by atoms with E-state index in [2.05, 4.69) is 15.2 Å². The molecular weight excluding hydrogens is 244 g/mol. The number of rotatable bonds is 2. The second kappa shape index (κ2) is 3.35. The van der Waals surface area contributed by atoms with Gasteiger partial charge in [0.25, 0.3) is 0 Å². The first-order valence-electron chi connectivity index (χ1n) is 4.66. The van der Waals surface area contributed by atoms with Crippen LogP contribution in [0.2, 0.25) is 0 Å². The molecule has 0 saturated carbocycles. The van der Waals surface area contributed by atoms with Gasteiger partial charge in [0.15, 0.2) is 0 Å². The van der Waals surface area contributed by atoms with Crippen LogP contribution < -0.4 is 0 Å². The summed E-state index contributed by atoms with van der Waals surface area (Å²) in [5.74, 6) is 0. The topological polar surface area (TPSA) is 91.2 Å². The van der Waals surface area contributed by atoms with E-state index in [0.29, 0.717) is 5.13 Å². The first kappa shape index (κ1) is 9.90. The molecule has 3 aromatic rings. The predicted octanol–water partition coefficient (Wildman–Crippen LogP) is 1.19. The summed E-state index contributed by atoms with van der Waals surface area (Å²) in [6, 6.07) is 0. The first-order valence-corrected chi connectivity index (χ1v) is 5.47. The van der Waals surface area contributed by atoms with Crippen LogP contribution in [0.15, 0.2) is 18.6 Å². The Bertz CT molecular complexity index is 679. The minimum absolute atomic E-state index is 0.0611. The molecule has 0 fully saturated rings. The predicted molar refractivity (Wildman–Crippen MR) is 59.4 cm³/mol. The van der Waals surface area contributed by atoms with Crippen molar-refractivity contribution in [2.45, 2.75) is 6.92 Å². The zero-order valence-electron chi connectivity index (χ0n) is 8.64. The molecule has 0 aliphatic carbocycles. The minimum atomic E-state index is -0.494. The number of imidazole rings is 1. The lowest BCUT2D eigenvalue weighted by molar-refractivity contribution is -0.384. The number of nitrogens with zero attached hydrogens (tertiary/aromatic N) is 6. The Labute approximate surface area is 98.3 Å². The van der Waals surface area contributed by atoms with Crippen molar-refractivity contribution in [2.24, 2.45) is 0 Å². The van der Waals surface area contributed by atoms with Gasteiger partial charge in [-0.15, -0.1) is 5.10 Å². The summed E-state index contributed by atoms with van der Waals surface area (Å²) >= 11 is 1.31. The zero-order chi connectivity index (χ0) is 12.0. The number of hydrogen-bond donors (Lipinski definition) is 0. The molecule has 17 heavy (non-hydrogen) atoms. The lowest BCUT2D eigenvalue weighted by Crippen LogP contribution is -1.94. The molecule has 0 aromatic carbocycles. The maximum atomic E-state index is 10.5. The number of fused-ring (bicyclic) bond motifs is 1. The van der Waals surface area contributed by atoms with Crippen molar-refractivity contribution in [1.29, 1.82) is 0 Å². The summed E-state index contributed by atoms with van der Waals surface area (Å²) in [5, 5.41) is 19.2. The maximum Gasteiger partial charge on any atom is 0.307 e. The highest BCUT2D eigenvalue weighted by Gasteiger charge is 2.13. The summed E-state index contributed by atoms with van der Waals surface area (Å²) in [6.45, 7) is 1.87. The van der Waals surface area contributed by atoms with E-state index < -0.39 is 4.92 Å². The van der Waals surface area contributed by atoms with Gasteiger partial charge in [0.05, 0.1) is 16.8 Å². The third-order valence-corrected chi connectivity index (χ3v) is 3.04. The molecule has 0 aliphatic rings. The van der Waals surface area contributed by atoms with Crippen LogP contribution in [0.4, 0.5) is 5.69 Å². The second-order valence-electron chi connectivity index (χ2n) is 3.39. The van der Waals surface area contributed by atoms with Crippen molar-refractivity contribution >= 4 is 22.0 Å². The highest BCUT2D eigenvalue weighted by molar-refractivity contribution is 7.19. The second-order valence-corrected chi connectivity index (χ2v) is 4.33. The van der Waals surface area contributed by atoms with E-state index in [4.69, 9.17) is 0 Å². The van der Waals surface area contributed by atoms with Crippen LogP contribution in [0.25, 0.3) is 10.1 Å². The molecule has 0 aliphatic heterocycles. The van der Waals surface area contributed by atoms with E-state index in [9.17, 15) is 10.1 Å². The van der Waals surface area contributed by atoms with Gasteiger partial charge in [-0.3, -0.25) is 10.1 Å². The SMILES string of the molecule is Cc1cn2nc(-n3cc([N+](=O)[O-])cn3)sc2n1. The Balaban J connectivity index is 2.07. The summed E-state index contributed by atoms with van der Waals surface area (Å²) in [4.78, 5) is 15.0. The van der Waals surface area contributed by atoms with Gasteiger partial charge < -0.3 is 0 Å². The van der Waals surface area contributed by atoms with E-state index in [1.165, 1.54) is 28.4 Å². The Hall–Kier alpha value is -2.29. The molecule has 0 bridgehead atoms. The van der Waals surface area contributed by atoms with Crippen LogP contribution in [0.3, 0.4) is 0 Å². The molecule has 3 heterocycles. The normalized spacial score (nSPS) is 11.1. The van der Waals surface area contributed by atoms with E-state index in [0.717, 1.165) is 10.7 Å². The van der Waals surface area contributed by atoms with E-state index in [1.807, 2.05) is 6.92 Å². The van der Waals surface area contributed by atoms with Crippen LogP contribution in [-0.2, 0) is 0 Å². The number of hydrogen-bond acceptors (Lipinski definition) is 6. The Morgan fingerprint density at radius 2 is 2.29 bits per heavy atom. The van der Waals surface area contributed by atoms with Crippen molar-refractivity contribution in [2.75, 3.05) is 0 Å². The highest BCUT2D eigenvalue weighted by Crippen LogP contribution is 2.19. The zero-order valence-corrected chi connectivity index (χ0v) is 9.46. The number of aromatic nitrogens is 5. The van der Waals surface area contributed by atoms with Crippen LogP contribution >= 0.6 is 11.3 Å². The van der Waals surface area contributed by atoms with E-state index in [1.54, 1.807) is 10.7 Å². The smallest absolute Gasteiger partial charge is 0.258 e. The molecule has 0 amide bonds. The van der Waals surface area contributed by atoms with Crippen LogP contribution in [-0.4, -0.2) is 29.3 Å². The lowest BCUT2D eigenvalue weighted by atomic mass is 10.6. The van der Waals surface area contributed by atoms with Crippen molar-refractivity contribution in [1.82, 2.24) is 24.4 Å². The van der Waals surface area contributed by atoms with Gasteiger partial charge in [-0.1, -0.05) is 11.3 Å². The molecule has 9 heteroatoms. The molecule has 0 N–H and O–H groups in total. The number of aryl methyl sites for hydroxylation is 1. The molecule has 8 nitrogen and oxygen atoms in total. The molecule has 0 spiro atoms. The van der Waals surface area contributed by atoms with E-state index >= 15 is 0 Å². The molecule has 0 unspecified atom stereocenters. The molecule has 0 atom stereocenters. The van der Waals surface area contributed by atoms with Gasteiger partial charge in [0, 0.05) is 0 Å². The molecule has 86 valence electrons. The van der Waals surface area contributed by atoms with Crippen LogP contribution in [0, 0.1) is 17.0 Å². The van der Waals surface area contributed by atoms with Crippen molar-refractivity contribution in [3.05, 3.63) is 34.4 Å². The van der Waals surface area contributed by atoms with Crippen LogP contribution in [0.1, 0.15) is 5.69 Å². The fraction of sp³-hybridized carbons (Fsp3) is 0.125. The Kier molecular flexibility index (Phi) is 1.95. The fourth-order valence-electron chi connectivity index (χ4n) is 1.40. The first-order chi connectivity index (χ1) is 8.13. The van der Waals surface area contributed by atoms with Gasteiger partial charge >= 0.3 is 5.69 Å². The summed E-state index contributed by atoms with van der Waals surface area (Å²) in [5.41, 5.74) is 0.816. The third kappa shape index (κ3) is 1.56. The maximum absolute atomic E-state index is 10.5. The molecular formula is C8H6N6O2S. The minimum Gasteiger partial charge on any atom is -0.258 e. The van der Waals surface area contributed by atoms with Crippen molar-refractivity contribution in [3.63, 3.8) is 0 Å². The highest BCUT2D eigenvalue weighted by atomic mass is 32.1. The van der Waals surface area contributed by atoms with Gasteiger partial charge in [-0.2, -0.15) is 5.10 Å². The summed E-state index contributed by atoms with van der Waals surface area (Å²) in [7, 11) is 0. The van der Waals surface area contributed by atoms with Crippen LogP contribution in [0.5, 0.6) is 0 Å². The average molecular weight is 250 g/mol. The molecule has 3 rings (SSSR count). The summed E-state index contributed by atoms with van der Waals surface area (Å²) < 4.78 is 3.00. The monoisotopic (exact) mass is 250 g/mol. The Morgan fingerprint density at radius 1 is 1.47 bits per heavy atom. The molecule has 3 aromatic heterocycles. The van der Waals surface area contributed by atoms with Gasteiger partial charge in [0.1, 0.15) is 12.4 Å². The number of nitro groups is 1. The van der Waals surface area contributed by atoms with Gasteiger partial charge in [-0.25, -0.2) is 14.2 Å². The molecule has 0 radical (unpaired) electrons. The molecule has 0 saturated heterocycles. The average Bonchev–Trinajstić information content (AvgIpc) is 2.87. The third-order valence-electron chi connectivity index (χ3n) is 2.13. The fourth-order valence-corrected chi connectivity index (χ4v) is 2.27. The quantitative estimate of drug-likeness (QED) is 0.503. The van der Waals surface area contributed by atoms with Crippen molar-refractivity contribution in [3.8, 4) is 5.13 Å². The Morgan fingerprint density at radius 3 is 2.94 bits per heavy atom. The largest absolute Gasteiger partial charge is 0.307 e. The lowest BCUT2D eigenvalue weighted by Gasteiger charge is -1.89. The summed E-state index contributed by atoms with van der Waals surface area (Å²) in [6.07, 6.45) is 4.30.